The van der Waals surface area contributed by atoms with Crippen molar-refractivity contribution >= 4 is 0 Å². The summed E-state index contributed by atoms with van der Waals surface area (Å²) >= 11 is 1.16. The van der Waals surface area contributed by atoms with Crippen LogP contribution in [0.4, 0.5) is 0 Å². The van der Waals surface area contributed by atoms with Gasteiger partial charge in [-0.25, -0.2) is 0 Å². The van der Waals surface area contributed by atoms with Crippen molar-refractivity contribution in [2.75, 3.05) is 0 Å². The van der Waals surface area contributed by atoms with Gasteiger partial charge in [-0.15, -0.1) is 0 Å². The van der Waals surface area contributed by atoms with Gasteiger partial charge >= 0.3 is 47.9 Å². The van der Waals surface area contributed by atoms with Crippen LogP contribution in [-0.2, 0) is 28.0 Å². The molecule has 0 saturated heterocycles. The second-order valence-electron chi connectivity index (χ2n) is 1.17. The van der Waals surface area contributed by atoms with Gasteiger partial charge in [0.15, 0.2) is 0 Å². The third-order valence-corrected chi connectivity index (χ3v) is 1.39. The Morgan fingerprint density at radius 1 is 1.60 bits per heavy atom. The van der Waals surface area contributed by atoms with Crippen LogP contribution in [0.5, 0.6) is 0 Å². The molecule has 0 aromatic rings. The van der Waals surface area contributed by atoms with Gasteiger partial charge < -0.3 is 0 Å². The molecule has 1 nitrogen and oxygen atoms in total. The van der Waals surface area contributed by atoms with Crippen LogP contribution < -0.4 is 0 Å². The SMILES string of the molecule is CC(C)[O][Zr]. The van der Waals surface area contributed by atoms with E-state index in [0.29, 0.717) is 6.10 Å². The molecule has 0 aliphatic heterocycles. The van der Waals surface area contributed by atoms with E-state index in [1.54, 1.807) is 0 Å². The fourth-order valence-electron chi connectivity index (χ4n) is 0. The van der Waals surface area contributed by atoms with Gasteiger partial charge in [-0.2, -0.15) is 0 Å². The first kappa shape index (κ1) is 5.84. The van der Waals surface area contributed by atoms with Crippen LogP contribution in [0.25, 0.3) is 0 Å². The Balaban J connectivity index is 2.54. The van der Waals surface area contributed by atoms with Gasteiger partial charge in [-0.1, -0.05) is 0 Å². The van der Waals surface area contributed by atoms with Gasteiger partial charge in [0.2, 0.25) is 0 Å². The Morgan fingerprint density at radius 2 is 1.80 bits per heavy atom. The van der Waals surface area contributed by atoms with E-state index in [4.69, 9.17) is 2.81 Å². The van der Waals surface area contributed by atoms with E-state index in [9.17, 15) is 0 Å². The molecular formula is C3H7OZr. The summed E-state index contributed by atoms with van der Waals surface area (Å²) in [7, 11) is 0. The van der Waals surface area contributed by atoms with Crippen molar-refractivity contribution in [3.63, 3.8) is 0 Å². The number of rotatable bonds is 1. The topological polar surface area (TPSA) is 9.23 Å². The van der Waals surface area contributed by atoms with Crippen LogP contribution in [0.3, 0.4) is 0 Å². The molecule has 0 heterocycles. The zero-order chi connectivity index (χ0) is 4.28. The van der Waals surface area contributed by atoms with Gasteiger partial charge in [0, 0.05) is 0 Å². The molecule has 0 saturated carbocycles. The van der Waals surface area contributed by atoms with Gasteiger partial charge in [0.25, 0.3) is 0 Å². The van der Waals surface area contributed by atoms with E-state index in [0.717, 1.165) is 25.2 Å². The van der Waals surface area contributed by atoms with E-state index in [-0.39, 0.29) is 0 Å². The summed E-state index contributed by atoms with van der Waals surface area (Å²) in [5, 5.41) is 0. The number of hydrogen-bond acceptors (Lipinski definition) is 1. The first-order valence-electron chi connectivity index (χ1n) is 1.59. The molecule has 0 bridgehead atoms. The molecule has 0 unspecified atom stereocenters. The molecule has 0 aromatic carbocycles. The van der Waals surface area contributed by atoms with Crippen LogP contribution in [0.15, 0.2) is 0 Å². The molecule has 0 fully saturated rings. The van der Waals surface area contributed by atoms with Crippen molar-refractivity contribution in [3.8, 4) is 0 Å². The first-order valence-corrected chi connectivity index (χ1v) is 2.60. The van der Waals surface area contributed by atoms with Gasteiger partial charge in [0.05, 0.1) is 0 Å². The molecule has 0 aliphatic rings. The summed E-state index contributed by atoms with van der Waals surface area (Å²) in [5.41, 5.74) is 0. The molecule has 0 spiro atoms. The normalized spacial score (nSPS) is 9.20. The van der Waals surface area contributed by atoms with Gasteiger partial charge in [-0.3, -0.25) is 0 Å². The Hall–Kier alpha value is 0.843. The summed E-state index contributed by atoms with van der Waals surface area (Å²) in [5.74, 6) is 0. The maximum absolute atomic E-state index is 4.84. The molecule has 0 atom stereocenters. The molecule has 5 heavy (non-hydrogen) atoms. The Morgan fingerprint density at radius 3 is 1.80 bits per heavy atom. The standard InChI is InChI=1S/C3H7O.Zr/c1-3(2)4;/h3H,1-2H3;/q-1;+1. The first-order chi connectivity index (χ1) is 2.27. The average Bonchev–Trinajstić information content (AvgIpc) is 1.38. The molecule has 0 aromatic heterocycles. The predicted molar refractivity (Wildman–Crippen MR) is 16.2 cm³/mol. The molecule has 0 N–H and O–H groups in total. The summed E-state index contributed by atoms with van der Waals surface area (Å²) in [6, 6.07) is 0. The van der Waals surface area contributed by atoms with E-state index >= 15 is 0 Å². The van der Waals surface area contributed by atoms with E-state index in [1.807, 2.05) is 13.8 Å². The van der Waals surface area contributed by atoms with Crippen LogP contribution in [0.1, 0.15) is 13.8 Å². The maximum atomic E-state index is 4.84. The minimum absolute atomic E-state index is 0.424. The molecule has 0 amide bonds. The molecular weight excluding hydrogens is 143 g/mol. The van der Waals surface area contributed by atoms with E-state index < -0.39 is 0 Å². The Bertz CT molecular complexity index is 20.9. The van der Waals surface area contributed by atoms with Crippen molar-refractivity contribution in [2.24, 2.45) is 0 Å². The van der Waals surface area contributed by atoms with E-state index in [1.165, 1.54) is 0 Å². The number of hydrogen-bond donors (Lipinski definition) is 0. The summed E-state index contributed by atoms with van der Waals surface area (Å²) < 4.78 is 4.84. The molecule has 0 aliphatic carbocycles. The van der Waals surface area contributed by atoms with Crippen LogP contribution in [0, 0.1) is 0 Å². The van der Waals surface area contributed by atoms with Crippen molar-refractivity contribution in [2.45, 2.75) is 20.0 Å². The summed E-state index contributed by atoms with van der Waals surface area (Å²) in [6.45, 7) is 4.04. The summed E-state index contributed by atoms with van der Waals surface area (Å²) in [4.78, 5) is 0. The quantitative estimate of drug-likeness (QED) is 0.539. The summed E-state index contributed by atoms with van der Waals surface area (Å²) in [6.07, 6.45) is 0.424. The molecule has 0 rings (SSSR count). The Kier molecular flexibility index (Phi) is 3.56. The third kappa shape index (κ3) is 4.84. The molecule has 0 radical (unpaired) electrons. The van der Waals surface area contributed by atoms with Crippen LogP contribution >= 0.6 is 0 Å². The third-order valence-electron chi connectivity index (χ3n) is 0.236. The second-order valence-corrected chi connectivity index (χ2v) is 1.75. The van der Waals surface area contributed by atoms with Crippen molar-refractivity contribution in [3.05, 3.63) is 0 Å². The van der Waals surface area contributed by atoms with E-state index in [2.05, 4.69) is 0 Å². The zero-order valence-electron chi connectivity index (χ0n) is 3.49. The fourth-order valence-corrected chi connectivity index (χ4v) is 0. The predicted octanol–water partition coefficient (Wildman–Crippen LogP) is 0.873. The van der Waals surface area contributed by atoms with Crippen LogP contribution in [-0.4, -0.2) is 6.10 Å². The Labute approximate surface area is 48.2 Å². The monoisotopic (exact) mass is 149 g/mol. The van der Waals surface area contributed by atoms with Gasteiger partial charge in [0.1, 0.15) is 0 Å². The van der Waals surface area contributed by atoms with Crippen molar-refractivity contribution in [1.29, 1.82) is 0 Å². The van der Waals surface area contributed by atoms with Crippen molar-refractivity contribution in [1.82, 2.24) is 0 Å². The van der Waals surface area contributed by atoms with Crippen molar-refractivity contribution < 1.29 is 28.0 Å². The van der Waals surface area contributed by atoms with Crippen LogP contribution in [0.2, 0.25) is 0 Å². The zero-order valence-corrected chi connectivity index (χ0v) is 5.94. The molecule has 29 valence electrons. The molecule has 2 heteroatoms. The van der Waals surface area contributed by atoms with Gasteiger partial charge in [-0.05, 0) is 0 Å². The fraction of sp³-hybridized carbons (Fsp3) is 1.00. The second kappa shape index (κ2) is 3.05. The minimum atomic E-state index is 0.424. The average molecular weight is 150 g/mol.